The van der Waals surface area contributed by atoms with Gasteiger partial charge >= 0.3 is 17.9 Å². The van der Waals surface area contributed by atoms with E-state index < -0.39 is 23.5 Å². The molecule has 0 aliphatic heterocycles. The molecule has 0 aromatic heterocycles. The molecular weight excluding hydrogens is 372 g/mol. The van der Waals surface area contributed by atoms with Gasteiger partial charge in [0.05, 0.1) is 33.0 Å². The fourth-order valence-corrected chi connectivity index (χ4v) is 1.71. The molecule has 0 spiro atoms. The van der Waals surface area contributed by atoms with Gasteiger partial charge in [-0.3, -0.25) is 0 Å². The maximum absolute atomic E-state index is 11.0. The lowest BCUT2D eigenvalue weighted by molar-refractivity contribution is -0.156. The number of esters is 3. The van der Waals surface area contributed by atoms with E-state index in [9.17, 15) is 14.4 Å². The molecule has 0 aliphatic rings. The Morgan fingerprint density at radius 1 is 0.679 bits per heavy atom. The highest BCUT2D eigenvalue weighted by Crippen LogP contribution is 2.12. The van der Waals surface area contributed by atoms with Crippen LogP contribution in [0.2, 0.25) is 0 Å². The molecule has 0 saturated carbocycles. The van der Waals surface area contributed by atoms with Crippen molar-refractivity contribution in [2.45, 2.75) is 12.5 Å². The summed E-state index contributed by atoms with van der Waals surface area (Å²) in [6, 6.07) is 0. The second-order valence-corrected chi connectivity index (χ2v) is 5.52. The van der Waals surface area contributed by atoms with Crippen molar-refractivity contribution in [2.24, 2.45) is 0 Å². The first-order valence-electron chi connectivity index (χ1n) is 8.54. The van der Waals surface area contributed by atoms with Crippen LogP contribution < -0.4 is 0 Å². The van der Waals surface area contributed by atoms with E-state index in [1.165, 1.54) is 0 Å². The van der Waals surface area contributed by atoms with Crippen LogP contribution in [0.4, 0.5) is 0 Å². The van der Waals surface area contributed by atoms with Crippen molar-refractivity contribution in [3.63, 3.8) is 0 Å². The molecule has 0 aliphatic carbocycles. The molecule has 0 aromatic carbocycles. The molecule has 0 aromatic rings. The smallest absolute Gasteiger partial charge is 0.330 e. The summed E-state index contributed by atoms with van der Waals surface area (Å²) in [5.41, 5.74) is -0.870. The zero-order valence-electron chi connectivity index (χ0n) is 16.2. The van der Waals surface area contributed by atoms with Gasteiger partial charge in [-0.2, -0.15) is 0 Å². The fraction of sp³-hybridized carbons (Fsp3) is 0.526. The molecule has 0 saturated heterocycles. The molecule has 0 fully saturated rings. The van der Waals surface area contributed by atoms with Crippen LogP contribution in [0.3, 0.4) is 0 Å². The molecule has 0 radical (unpaired) electrons. The fourth-order valence-electron chi connectivity index (χ4n) is 1.71. The van der Waals surface area contributed by atoms with Gasteiger partial charge in [0.2, 0.25) is 0 Å². The number of carbonyl (C=O) groups excluding carboxylic acids is 3. The maximum Gasteiger partial charge on any atom is 0.330 e. The summed E-state index contributed by atoms with van der Waals surface area (Å²) >= 11 is 0. The number of ether oxygens (including phenoxy) is 6. The monoisotopic (exact) mass is 400 g/mol. The van der Waals surface area contributed by atoms with Crippen molar-refractivity contribution in [3.05, 3.63) is 38.0 Å². The SMILES string of the molecule is C=CC(=O)OCCOCC(C)(COCCOC(=O)C=C)OCCOC(=O)C=C. The van der Waals surface area contributed by atoms with Gasteiger partial charge in [0, 0.05) is 18.2 Å². The van der Waals surface area contributed by atoms with Crippen molar-refractivity contribution in [3.8, 4) is 0 Å². The summed E-state index contributed by atoms with van der Waals surface area (Å²) in [5, 5.41) is 0. The van der Waals surface area contributed by atoms with Crippen molar-refractivity contribution < 1.29 is 42.8 Å². The van der Waals surface area contributed by atoms with Gasteiger partial charge in [-0.05, 0) is 6.92 Å². The molecule has 0 heterocycles. The molecule has 0 atom stereocenters. The minimum Gasteiger partial charge on any atom is -0.460 e. The lowest BCUT2D eigenvalue weighted by Gasteiger charge is -2.29. The van der Waals surface area contributed by atoms with E-state index in [0.717, 1.165) is 18.2 Å². The second kappa shape index (κ2) is 15.6. The molecule has 158 valence electrons. The van der Waals surface area contributed by atoms with Gasteiger partial charge < -0.3 is 28.4 Å². The highest BCUT2D eigenvalue weighted by Gasteiger charge is 2.26. The Labute approximate surface area is 164 Å². The van der Waals surface area contributed by atoms with Crippen LogP contribution in [0.15, 0.2) is 38.0 Å². The Morgan fingerprint density at radius 2 is 1.04 bits per heavy atom. The first-order chi connectivity index (χ1) is 13.4. The lowest BCUT2D eigenvalue weighted by Crippen LogP contribution is -2.41. The highest BCUT2D eigenvalue weighted by atomic mass is 16.6. The third-order valence-corrected chi connectivity index (χ3v) is 3.04. The summed E-state index contributed by atoms with van der Waals surface area (Å²) in [6.45, 7) is 12.5. The van der Waals surface area contributed by atoms with E-state index in [1.807, 2.05) is 0 Å². The first-order valence-corrected chi connectivity index (χ1v) is 8.54. The van der Waals surface area contributed by atoms with Crippen LogP contribution in [0.1, 0.15) is 6.92 Å². The van der Waals surface area contributed by atoms with Gasteiger partial charge in [0.1, 0.15) is 25.4 Å². The molecule has 0 rings (SSSR count). The van der Waals surface area contributed by atoms with Crippen LogP contribution in [-0.4, -0.2) is 76.4 Å². The highest BCUT2D eigenvalue weighted by molar-refractivity contribution is 5.81. The van der Waals surface area contributed by atoms with Gasteiger partial charge in [0.25, 0.3) is 0 Å². The average Bonchev–Trinajstić information content (AvgIpc) is 2.70. The van der Waals surface area contributed by atoms with Crippen LogP contribution in [-0.2, 0) is 42.8 Å². The number of hydrogen-bond acceptors (Lipinski definition) is 9. The van der Waals surface area contributed by atoms with E-state index in [-0.39, 0.29) is 52.9 Å². The summed E-state index contributed by atoms with van der Waals surface area (Å²) in [7, 11) is 0. The van der Waals surface area contributed by atoms with Crippen LogP contribution in [0.25, 0.3) is 0 Å². The summed E-state index contributed by atoms with van der Waals surface area (Å²) in [6.07, 6.45) is 3.18. The van der Waals surface area contributed by atoms with Crippen molar-refractivity contribution >= 4 is 17.9 Å². The van der Waals surface area contributed by atoms with Crippen molar-refractivity contribution in [1.82, 2.24) is 0 Å². The van der Waals surface area contributed by atoms with E-state index in [2.05, 4.69) is 19.7 Å². The quantitative estimate of drug-likeness (QED) is 0.153. The molecule has 9 nitrogen and oxygen atoms in total. The third kappa shape index (κ3) is 13.7. The predicted molar refractivity (Wildman–Crippen MR) is 99.5 cm³/mol. The minimum absolute atomic E-state index is 0.0361. The average molecular weight is 400 g/mol. The zero-order chi connectivity index (χ0) is 21.3. The van der Waals surface area contributed by atoms with Gasteiger partial charge in [0.15, 0.2) is 0 Å². The number of hydrogen-bond donors (Lipinski definition) is 0. The third-order valence-electron chi connectivity index (χ3n) is 3.04. The predicted octanol–water partition coefficient (Wildman–Crippen LogP) is 0.982. The summed E-state index contributed by atoms with van der Waals surface area (Å²) in [4.78, 5) is 33.0. The van der Waals surface area contributed by atoms with Gasteiger partial charge in [-0.1, -0.05) is 19.7 Å². The Bertz CT molecular complexity index is 497. The maximum atomic E-state index is 11.0. The van der Waals surface area contributed by atoms with E-state index in [1.54, 1.807) is 6.92 Å². The molecule has 0 amide bonds. The zero-order valence-corrected chi connectivity index (χ0v) is 16.2. The Kier molecular flexibility index (Phi) is 14.2. The van der Waals surface area contributed by atoms with Crippen LogP contribution >= 0.6 is 0 Å². The number of carbonyl (C=O) groups is 3. The molecule has 0 bridgehead atoms. The first kappa shape index (κ1) is 25.5. The topological polar surface area (TPSA) is 107 Å². The van der Waals surface area contributed by atoms with Crippen LogP contribution in [0.5, 0.6) is 0 Å². The molecule has 0 unspecified atom stereocenters. The van der Waals surface area contributed by atoms with Crippen molar-refractivity contribution in [2.75, 3.05) is 52.9 Å². The van der Waals surface area contributed by atoms with Crippen molar-refractivity contribution in [1.29, 1.82) is 0 Å². The van der Waals surface area contributed by atoms with Crippen LogP contribution in [0, 0.1) is 0 Å². The Hall–Kier alpha value is -2.49. The van der Waals surface area contributed by atoms with Gasteiger partial charge in [-0.15, -0.1) is 0 Å². The summed E-state index contributed by atoms with van der Waals surface area (Å²) in [5.74, 6) is -1.63. The Balaban J connectivity index is 4.33. The Morgan fingerprint density at radius 3 is 1.39 bits per heavy atom. The standard InChI is InChI=1S/C19H28O9/c1-5-16(20)25-10-8-23-14-19(4,28-13-12-27-18(22)7-3)15-24-9-11-26-17(21)6-2/h5-7H,1-3,8-15H2,4H3. The lowest BCUT2D eigenvalue weighted by atomic mass is 10.1. The minimum atomic E-state index is -0.870. The molecular formula is C19H28O9. The van der Waals surface area contributed by atoms with E-state index in [4.69, 9.17) is 28.4 Å². The van der Waals surface area contributed by atoms with E-state index >= 15 is 0 Å². The summed E-state index contributed by atoms with van der Waals surface area (Å²) < 4.78 is 31.1. The molecule has 9 heteroatoms. The number of rotatable bonds is 17. The van der Waals surface area contributed by atoms with E-state index in [0.29, 0.717) is 0 Å². The normalized spacial score (nSPS) is 10.6. The molecule has 0 N–H and O–H groups in total. The molecule has 28 heavy (non-hydrogen) atoms. The van der Waals surface area contributed by atoms with Gasteiger partial charge in [-0.25, -0.2) is 14.4 Å². The second-order valence-electron chi connectivity index (χ2n) is 5.52. The largest absolute Gasteiger partial charge is 0.460 e.